The molecule has 21 heavy (non-hydrogen) atoms. The van der Waals surface area contributed by atoms with Gasteiger partial charge in [0.25, 0.3) is 0 Å². The summed E-state index contributed by atoms with van der Waals surface area (Å²) in [5.41, 5.74) is 2.31. The van der Waals surface area contributed by atoms with Crippen LogP contribution in [0.1, 0.15) is 0 Å². The van der Waals surface area contributed by atoms with Crippen molar-refractivity contribution in [2.75, 3.05) is 19.0 Å². The molecule has 0 N–H and O–H groups in total. The van der Waals surface area contributed by atoms with Gasteiger partial charge in [-0.3, -0.25) is 0 Å². The van der Waals surface area contributed by atoms with E-state index < -0.39 is 6.36 Å². The van der Waals surface area contributed by atoms with Crippen LogP contribution >= 0.6 is 11.6 Å². The zero-order valence-electron chi connectivity index (χ0n) is 11.4. The van der Waals surface area contributed by atoms with Gasteiger partial charge in [0.1, 0.15) is 5.75 Å². The number of halogens is 4. The average molecular weight is 316 g/mol. The molecule has 0 amide bonds. The molecule has 0 aromatic heterocycles. The van der Waals surface area contributed by atoms with Gasteiger partial charge in [0.15, 0.2) is 0 Å². The fourth-order valence-corrected chi connectivity index (χ4v) is 2.33. The molecule has 6 heteroatoms. The number of hydrogen-bond donors (Lipinski definition) is 0. The zero-order chi connectivity index (χ0) is 15.6. The van der Waals surface area contributed by atoms with Gasteiger partial charge in [-0.05, 0) is 23.8 Å². The lowest BCUT2D eigenvalue weighted by molar-refractivity contribution is -0.274. The van der Waals surface area contributed by atoms with Crippen LogP contribution < -0.4 is 9.64 Å². The predicted molar refractivity (Wildman–Crippen MR) is 77.9 cm³/mol. The van der Waals surface area contributed by atoms with Crippen LogP contribution in [0, 0.1) is 0 Å². The molecule has 0 saturated heterocycles. The smallest absolute Gasteiger partial charge is 0.406 e. The zero-order valence-corrected chi connectivity index (χ0v) is 12.2. The SMILES string of the molecule is CN(C)c1cccc(-c2ccc(OC(F)(F)F)cc2)c1Cl. The van der Waals surface area contributed by atoms with E-state index in [0.717, 1.165) is 16.8 Å². The molecule has 0 unspecified atom stereocenters. The van der Waals surface area contributed by atoms with Crippen LogP contribution in [0.4, 0.5) is 18.9 Å². The minimum absolute atomic E-state index is 0.258. The van der Waals surface area contributed by atoms with Gasteiger partial charge in [-0.1, -0.05) is 35.9 Å². The highest BCUT2D eigenvalue weighted by Crippen LogP contribution is 2.36. The lowest BCUT2D eigenvalue weighted by Crippen LogP contribution is -2.16. The van der Waals surface area contributed by atoms with Crippen LogP contribution in [0.5, 0.6) is 5.75 Å². The summed E-state index contributed by atoms with van der Waals surface area (Å²) in [6, 6.07) is 11.1. The van der Waals surface area contributed by atoms with E-state index in [9.17, 15) is 13.2 Å². The van der Waals surface area contributed by atoms with E-state index in [2.05, 4.69) is 4.74 Å². The van der Waals surface area contributed by atoms with E-state index in [0.29, 0.717) is 5.02 Å². The van der Waals surface area contributed by atoms with Crippen LogP contribution in [-0.2, 0) is 0 Å². The number of hydrogen-bond acceptors (Lipinski definition) is 2. The van der Waals surface area contributed by atoms with Crippen molar-refractivity contribution in [3.8, 4) is 16.9 Å². The van der Waals surface area contributed by atoms with Crippen molar-refractivity contribution in [3.05, 3.63) is 47.5 Å². The Kier molecular flexibility index (Phi) is 4.32. The van der Waals surface area contributed by atoms with Crippen LogP contribution in [-0.4, -0.2) is 20.5 Å². The van der Waals surface area contributed by atoms with Crippen molar-refractivity contribution in [1.82, 2.24) is 0 Å². The Hall–Kier alpha value is -1.88. The van der Waals surface area contributed by atoms with E-state index in [4.69, 9.17) is 11.6 Å². The molecule has 2 aromatic rings. The molecule has 0 aliphatic heterocycles. The Balaban J connectivity index is 2.33. The van der Waals surface area contributed by atoms with Crippen LogP contribution in [0.3, 0.4) is 0 Å². The van der Waals surface area contributed by atoms with Crippen LogP contribution in [0.25, 0.3) is 11.1 Å². The maximum absolute atomic E-state index is 12.1. The monoisotopic (exact) mass is 315 g/mol. The molecule has 0 aliphatic carbocycles. The molecular formula is C15H13ClF3NO. The molecule has 0 fully saturated rings. The number of benzene rings is 2. The van der Waals surface area contributed by atoms with Gasteiger partial charge in [-0.25, -0.2) is 0 Å². The molecule has 112 valence electrons. The Morgan fingerprint density at radius 3 is 2.14 bits per heavy atom. The molecule has 2 nitrogen and oxygen atoms in total. The van der Waals surface area contributed by atoms with Crippen molar-refractivity contribution in [3.63, 3.8) is 0 Å². The maximum Gasteiger partial charge on any atom is 0.573 e. The van der Waals surface area contributed by atoms with Gasteiger partial charge in [-0.2, -0.15) is 0 Å². The first-order valence-corrected chi connectivity index (χ1v) is 6.48. The second-order valence-corrected chi connectivity index (χ2v) is 4.98. The summed E-state index contributed by atoms with van der Waals surface area (Å²) in [6.07, 6.45) is -4.69. The fourth-order valence-electron chi connectivity index (χ4n) is 1.92. The lowest BCUT2D eigenvalue weighted by atomic mass is 10.0. The van der Waals surface area contributed by atoms with Crippen molar-refractivity contribution in [1.29, 1.82) is 0 Å². The lowest BCUT2D eigenvalue weighted by Gasteiger charge is -2.17. The molecule has 0 aliphatic rings. The first-order chi connectivity index (χ1) is 9.78. The molecule has 2 rings (SSSR count). The van der Waals surface area contributed by atoms with Crippen LogP contribution in [0.2, 0.25) is 5.02 Å². The molecule has 0 saturated carbocycles. The average Bonchev–Trinajstić information content (AvgIpc) is 2.38. The first kappa shape index (κ1) is 15.5. The van der Waals surface area contributed by atoms with Gasteiger partial charge < -0.3 is 9.64 Å². The maximum atomic E-state index is 12.1. The fraction of sp³-hybridized carbons (Fsp3) is 0.200. The van der Waals surface area contributed by atoms with E-state index in [1.54, 1.807) is 12.1 Å². The number of nitrogens with zero attached hydrogens (tertiary/aromatic N) is 1. The summed E-state index contributed by atoms with van der Waals surface area (Å²) >= 11 is 6.33. The number of ether oxygens (including phenoxy) is 1. The first-order valence-electron chi connectivity index (χ1n) is 6.10. The Morgan fingerprint density at radius 2 is 1.62 bits per heavy atom. The highest BCUT2D eigenvalue weighted by molar-refractivity contribution is 6.36. The van der Waals surface area contributed by atoms with E-state index in [1.165, 1.54) is 12.1 Å². The Labute approximate surface area is 125 Å². The van der Waals surface area contributed by atoms with E-state index in [-0.39, 0.29) is 5.75 Å². The van der Waals surface area contributed by atoms with Crippen LogP contribution in [0.15, 0.2) is 42.5 Å². The van der Waals surface area contributed by atoms with Gasteiger partial charge in [-0.15, -0.1) is 13.2 Å². The summed E-state index contributed by atoms with van der Waals surface area (Å²) in [4.78, 5) is 1.87. The quantitative estimate of drug-likeness (QED) is 0.792. The molecule has 0 bridgehead atoms. The predicted octanol–water partition coefficient (Wildman–Crippen LogP) is 4.97. The second kappa shape index (κ2) is 5.85. The van der Waals surface area contributed by atoms with E-state index >= 15 is 0 Å². The minimum atomic E-state index is -4.69. The molecule has 0 radical (unpaired) electrons. The van der Waals surface area contributed by atoms with Crippen molar-refractivity contribution >= 4 is 17.3 Å². The van der Waals surface area contributed by atoms with Crippen molar-refractivity contribution in [2.24, 2.45) is 0 Å². The van der Waals surface area contributed by atoms with Gasteiger partial charge in [0, 0.05) is 19.7 Å². The van der Waals surface area contributed by atoms with Gasteiger partial charge >= 0.3 is 6.36 Å². The topological polar surface area (TPSA) is 12.5 Å². The standard InChI is InChI=1S/C15H13ClF3NO/c1-20(2)13-5-3-4-12(14(13)16)10-6-8-11(9-7-10)21-15(17,18)19/h3-9H,1-2H3. The van der Waals surface area contributed by atoms with Crippen molar-refractivity contribution in [2.45, 2.75) is 6.36 Å². The number of anilines is 1. The Morgan fingerprint density at radius 1 is 1.00 bits per heavy atom. The molecule has 0 spiro atoms. The molecular weight excluding hydrogens is 303 g/mol. The molecule has 0 heterocycles. The third kappa shape index (κ3) is 3.82. The summed E-state index contributed by atoms with van der Waals surface area (Å²) in [7, 11) is 3.73. The van der Waals surface area contributed by atoms with Gasteiger partial charge in [0.2, 0.25) is 0 Å². The minimum Gasteiger partial charge on any atom is -0.406 e. The summed E-state index contributed by atoms with van der Waals surface area (Å²) in [5, 5.41) is 0.548. The normalized spacial score (nSPS) is 11.3. The summed E-state index contributed by atoms with van der Waals surface area (Å²) in [6.45, 7) is 0. The summed E-state index contributed by atoms with van der Waals surface area (Å²) in [5.74, 6) is -0.258. The molecule has 2 aromatic carbocycles. The highest BCUT2D eigenvalue weighted by Gasteiger charge is 2.30. The van der Waals surface area contributed by atoms with E-state index in [1.807, 2.05) is 37.2 Å². The third-order valence-electron chi connectivity index (χ3n) is 2.86. The van der Waals surface area contributed by atoms with Gasteiger partial charge in [0.05, 0.1) is 10.7 Å². The Bertz CT molecular complexity index is 624. The number of alkyl halides is 3. The molecule has 0 atom stereocenters. The number of rotatable bonds is 3. The van der Waals surface area contributed by atoms with Crippen molar-refractivity contribution < 1.29 is 17.9 Å². The second-order valence-electron chi connectivity index (χ2n) is 4.61. The summed E-state index contributed by atoms with van der Waals surface area (Å²) < 4.78 is 40.2. The largest absolute Gasteiger partial charge is 0.573 e. The third-order valence-corrected chi connectivity index (χ3v) is 3.26. The highest BCUT2D eigenvalue weighted by atomic mass is 35.5.